The van der Waals surface area contributed by atoms with Gasteiger partial charge in [-0.1, -0.05) is 23.7 Å². The van der Waals surface area contributed by atoms with Crippen molar-refractivity contribution in [2.45, 2.75) is 0 Å². The van der Waals surface area contributed by atoms with Gasteiger partial charge in [-0.15, -0.1) is 5.10 Å². The minimum absolute atomic E-state index is 0.0226. The third-order valence-corrected chi connectivity index (χ3v) is 2.89. The maximum absolute atomic E-state index is 13.7. The summed E-state index contributed by atoms with van der Waals surface area (Å²) in [6.07, 6.45) is 1.35. The summed E-state index contributed by atoms with van der Waals surface area (Å²) in [7, 11) is 0. The summed E-state index contributed by atoms with van der Waals surface area (Å²) in [4.78, 5) is 7.70. The maximum Gasteiger partial charge on any atom is 0.240 e. The molecule has 1 aromatic carbocycles. The van der Waals surface area contributed by atoms with Crippen molar-refractivity contribution in [3.05, 3.63) is 46.7 Å². The lowest BCUT2D eigenvalue weighted by atomic mass is 10.2. The number of fused-ring (bicyclic) bond motifs is 1. The summed E-state index contributed by atoms with van der Waals surface area (Å²) >= 11 is 11.7. The van der Waals surface area contributed by atoms with Gasteiger partial charge in [-0.3, -0.25) is 0 Å². The molecule has 2 aromatic heterocycles. The number of hydrogen-bond acceptors (Lipinski definition) is 3. The van der Waals surface area contributed by atoms with E-state index in [1.807, 2.05) is 0 Å². The van der Waals surface area contributed by atoms with Crippen molar-refractivity contribution in [3.8, 4) is 5.82 Å². The predicted molar refractivity (Wildman–Crippen MR) is 66.6 cm³/mol. The van der Waals surface area contributed by atoms with Gasteiger partial charge in [0.1, 0.15) is 5.02 Å². The summed E-state index contributed by atoms with van der Waals surface area (Å²) in [5.74, 6) is -0.340. The smallest absolute Gasteiger partial charge is 0.225 e. The van der Waals surface area contributed by atoms with Crippen LogP contribution >= 0.6 is 23.2 Å². The monoisotopic (exact) mass is 282 g/mol. The van der Waals surface area contributed by atoms with E-state index in [9.17, 15) is 4.39 Å². The summed E-state index contributed by atoms with van der Waals surface area (Å²) in [6.45, 7) is 0. The van der Waals surface area contributed by atoms with Crippen LogP contribution in [0.15, 0.2) is 30.5 Å². The van der Waals surface area contributed by atoms with Crippen LogP contribution in [0.1, 0.15) is 0 Å². The van der Waals surface area contributed by atoms with Crippen molar-refractivity contribution < 1.29 is 4.39 Å². The lowest BCUT2D eigenvalue weighted by Gasteiger charge is -2.04. The van der Waals surface area contributed by atoms with Crippen LogP contribution < -0.4 is 0 Å². The molecule has 0 bridgehead atoms. The SMILES string of the molecule is Fc1nn(-c2nc(Cl)ncc2Cl)c2ccccc12. The number of rotatable bonds is 1. The Bertz CT molecular complexity index is 741. The van der Waals surface area contributed by atoms with Gasteiger partial charge in [0.05, 0.1) is 17.1 Å². The van der Waals surface area contributed by atoms with E-state index < -0.39 is 5.95 Å². The van der Waals surface area contributed by atoms with Crippen molar-refractivity contribution in [3.63, 3.8) is 0 Å². The molecule has 0 unspecified atom stereocenters. The Morgan fingerprint density at radius 2 is 1.94 bits per heavy atom. The fourth-order valence-electron chi connectivity index (χ4n) is 1.68. The largest absolute Gasteiger partial charge is 0.240 e. The zero-order valence-electron chi connectivity index (χ0n) is 8.81. The highest BCUT2D eigenvalue weighted by molar-refractivity contribution is 6.32. The van der Waals surface area contributed by atoms with E-state index in [-0.39, 0.29) is 16.1 Å². The molecule has 3 rings (SSSR count). The summed E-state index contributed by atoms with van der Waals surface area (Å²) in [5.41, 5.74) is 0.562. The second-order valence-corrected chi connectivity index (χ2v) is 4.28. The molecule has 7 heteroatoms. The van der Waals surface area contributed by atoms with Gasteiger partial charge >= 0.3 is 0 Å². The van der Waals surface area contributed by atoms with E-state index in [0.29, 0.717) is 10.9 Å². The molecule has 2 heterocycles. The lowest BCUT2D eigenvalue weighted by molar-refractivity contribution is 0.573. The first-order valence-electron chi connectivity index (χ1n) is 4.98. The second kappa shape index (κ2) is 4.19. The fourth-order valence-corrected chi connectivity index (χ4v) is 1.98. The van der Waals surface area contributed by atoms with Gasteiger partial charge < -0.3 is 0 Å². The van der Waals surface area contributed by atoms with Gasteiger partial charge in [-0.05, 0) is 23.7 Å². The van der Waals surface area contributed by atoms with Crippen LogP contribution in [0, 0.1) is 5.95 Å². The number of benzene rings is 1. The van der Waals surface area contributed by atoms with E-state index in [4.69, 9.17) is 23.2 Å². The minimum atomic E-state index is -0.587. The van der Waals surface area contributed by atoms with Crippen molar-refractivity contribution >= 4 is 34.1 Å². The van der Waals surface area contributed by atoms with Gasteiger partial charge in [-0.25, -0.2) is 9.67 Å². The molecule has 3 aromatic rings. The van der Waals surface area contributed by atoms with Crippen LogP contribution in [0.2, 0.25) is 10.3 Å². The number of nitrogens with zero attached hydrogens (tertiary/aromatic N) is 4. The number of aromatic nitrogens is 4. The van der Waals surface area contributed by atoms with Crippen LogP contribution in [0.4, 0.5) is 4.39 Å². The standard InChI is InChI=1S/C11H5Cl2FN4/c12-7-5-15-11(13)16-10(7)18-8-4-2-1-3-6(8)9(14)17-18/h1-5H. The summed E-state index contributed by atoms with van der Waals surface area (Å²) in [5, 5.41) is 4.44. The number of hydrogen-bond donors (Lipinski definition) is 0. The molecule has 0 atom stereocenters. The molecule has 0 aliphatic carbocycles. The van der Waals surface area contributed by atoms with Crippen molar-refractivity contribution in [1.82, 2.24) is 19.7 Å². The Kier molecular flexibility index (Phi) is 2.65. The number of halogens is 3. The Balaban J connectivity index is 2.35. The second-order valence-electron chi connectivity index (χ2n) is 3.53. The van der Waals surface area contributed by atoms with Gasteiger partial charge in [0.15, 0.2) is 5.82 Å². The first kappa shape index (κ1) is 11.4. The molecule has 4 nitrogen and oxygen atoms in total. The average molecular weight is 283 g/mol. The van der Waals surface area contributed by atoms with Crippen LogP contribution in [0.25, 0.3) is 16.7 Å². The Hall–Kier alpha value is -1.72. The van der Waals surface area contributed by atoms with Gasteiger partial charge in [0.25, 0.3) is 0 Å². The van der Waals surface area contributed by atoms with Crippen LogP contribution in [-0.4, -0.2) is 19.7 Å². The van der Waals surface area contributed by atoms with E-state index >= 15 is 0 Å². The van der Waals surface area contributed by atoms with Crippen LogP contribution in [-0.2, 0) is 0 Å². The summed E-state index contributed by atoms with van der Waals surface area (Å²) < 4.78 is 15.0. The first-order valence-corrected chi connectivity index (χ1v) is 5.74. The van der Waals surface area contributed by atoms with E-state index in [2.05, 4.69) is 15.1 Å². The Morgan fingerprint density at radius 3 is 2.78 bits per heavy atom. The Morgan fingerprint density at radius 1 is 1.17 bits per heavy atom. The molecule has 0 aliphatic rings. The molecular weight excluding hydrogens is 278 g/mol. The third-order valence-electron chi connectivity index (χ3n) is 2.44. The highest BCUT2D eigenvalue weighted by Gasteiger charge is 2.14. The molecule has 0 radical (unpaired) electrons. The molecule has 0 aliphatic heterocycles. The fraction of sp³-hybridized carbons (Fsp3) is 0. The van der Waals surface area contributed by atoms with Crippen molar-refractivity contribution in [1.29, 1.82) is 0 Å². The minimum Gasteiger partial charge on any atom is -0.225 e. The van der Waals surface area contributed by atoms with Gasteiger partial charge in [-0.2, -0.15) is 9.37 Å². The maximum atomic E-state index is 13.7. The first-order chi connectivity index (χ1) is 8.66. The van der Waals surface area contributed by atoms with Crippen LogP contribution in [0.3, 0.4) is 0 Å². The highest BCUT2D eigenvalue weighted by Crippen LogP contribution is 2.24. The van der Waals surface area contributed by atoms with E-state index in [0.717, 1.165) is 0 Å². The molecule has 18 heavy (non-hydrogen) atoms. The molecule has 0 N–H and O–H groups in total. The summed E-state index contributed by atoms with van der Waals surface area (Å²) in [6, 6.07) is 6.85. The molecule has 0 saturated heterocycles. The van der Waals surface area contributed by atoms with Crippen molar-refractivity contribution in [2.24, 2.45) is 0 Å². The zero-order chi connectivity index (χ0) is 12.7. The van der Waals surface area contributed by atoms with E-state index in [1.165, 1.54) is 10.9 Å². The van der Waals surface area contributed by atoms with Gasteiger partial charge in [0, 0.05) is 0 Å². The molecule has 0 fully saturated rings. The molecule has 0 amide bonds. The average Bonchev–Trinajstić information content (AvgIpc) is 2.71. The molecule has 90 valence electrons. The van der Waals surface area contributed by atoms with Crippen molar-refractivity contribution in [2.75, 3.05) is 0 Å². The van der Waals surface area contributed by atoms with Crippen LogP contribution in [0.5, 0.6) is 0 Å². The number of para-hydroxylation sites is 1. The van der Waals surface area contributed by atoms with Gasteiger partial charge in [0.2, 0.25) is 11.2 Å². The van der Waals surface area contributed by atoms with E-state index in [1.54, 1.807) is 24.3 Å². The quantitative estimate of drug-likeness (QED) is 0.644. The normalized spacial score (nSPS) is 11.1. The predicted octanol–water partition coefficient (Wildman–Crippen LogP) is 3.26. The zero-order valence-corrected chi connectivity index (χ0v) is 10.3. The third kappa shape index (κ3) is 1.72. The topological polar surface area (TPSA) is 43.6 Å². The molecule has 0 saturated carbocycles. The highest BCUT2D eigenvalue weighted by atomic mass is 35.5. The molecular formula is C11H5Cl2FN4. The Labute approximate surface area is 111 Å². The molecule has 0 spiro atoms. The lowest BCUT2D eigenvalue weighted by Crippen LogP contribution is -2.02.